The van der Waals surface area contributed by atoms with Crippen molar-refractivity contribution >= 4 is 29.9 Å². The number of rotatable bonds is 5. The van der Waals surface area contributed by atoms with E-state index >= 15 is 0 Å². The van der Waals surface area contributed by atoms with Crippen molar-refractivity contribution in [3.63, 3.8) is 0 Å². The van der Waals surface area contributed by atoms with E-state index in [1.165, 1.54) is 5.56 Å². The van der Waals surface area contributed by atoms with Crippen LogP contribution < -0.4 is 11.1 Å². The van der Waals surface area contributed by atoms with Gasteiger partial charge in [0.15, 0.2) is 5.96 Å². The number of nitrogens with two attached hydrogens (primary N) is 1. The number of hydrogen-bond donors (Lipinski definition) is 2. The van der Waals surface area contributed by atoms with Gasteiger partial charge < -0.3 is 11.1 Å². The summed E-state index contributed by atoms with van der Waals surface area (Å²) in [7, 11) is 0. The maximum Gasteiger partial charge on any atom is 0.188 e. The molecule has 0 fully saturated rings. The highest BCUT2D eigenvalue weighted by molar-refractivity contribution is 14.0. The first kappa shape index (κ1) is 17.0. The Bertz CT molecular complexity index is 385. The molecule has 0 unspecified atom stereocenters. The monoisotopic (exact) mass is 359 g/mol. The first-order valence-corrected chi connectivity index (χ1v) is 5.76. The van der Waals surface area contributed by atoms with Crippen LogP contribution in [0.1, 0.15) is 19.4 Å². The van der Waals surface area contributed by atoms with E-state index in [-0.39, 0.29) is 29.4 Å². The predicted molar refractivity (Wildman–Crippen MR) is 89.6 cm³/mol. The van der Waals surface area contributed by atoms with E-state index in [1.807, 2.05) is 18.2 Å². The lowest BCUT2D eigenvalue weighted by molar-refractivity contribution is 0.539. The fourth-order valence-corrected chi connectivity index (χ4v) is 1.50. The van der Waals surface area contributed by atoms with E-state index in [4.69, 9.17) is 5.73 Å². The van der Waals surface area contributed by atoms with Crippen LogP contribution >= 0.6 is 24.0 Å². The summed E-state index contributed by atoms with van der Waals surface area (Å²) in [5, 5.41) is 2.97. The molecule has 0 aliphatic heterocycles. The second kappa shape index (κ2) is 8.13. The molecule has 100 valence electrons. The highest BCUT2D eigenvalue weighted by atomic mass is 127. The molecular weight excluding hydrogens is 337 g/mol. The van der Waals surface area contributed by atoms with E-state index in [1.54, 1.807) is 6.08 Å². The summed E-state index contributed by atoms with van der Waals surface area (Å²) in [5.41, 5.74) is 6.99. The van der Waals surface area contributed by atoms with Crippen molar-refractivity contribution in [2.45, 2.75) is 19.3 Å². The van der Waals surface area contributed by atoms with Crippen LogP contribution in [0.3, 0.4) is 0 Å². The predicted octanol–water partition coefficient (Wildman–Crippen LogP) is 2.67. The summed E-state index contributed by atoms with van der Waals surface area (Å²) in [4.78, 5) is 4.35. The van der Waals surface area contributed by atoms with Gasteiger partial charge in [0.25, 0.3) is 0 Å². The zero-order valence-corrected chi connectivity index (χ0v) is 13.3. The number of guanidine groups is 1. The van der Waals surface area contributed by atoms with Gasteiger partial charge >= 0.3 is 0 Å². The Kier molecular flexibility index (Phi) is 7.66. The number of aliphatic imine (C=N–C) groups is 1. The van der Waals surface area contributed by atoms with Crippen LogP contribution in [0.4, 0.5) is 0 Å². The molecule has 0 aliphatic carbocycles. The summed E-state index contributed by atoms with van der Waals surface area (Å²) in [6, 6.07) is 10.3. The molecule has 1 aromatic rings. The van der Waals surface area contributed by atoms with Gasteiger partial charge in [0.05, 0.1) is 6.54 Å². The first-order valence-electron chi connectivity index (χ1n) is 5.76. The Morgan fingerprint density at radius 3 is 2.56 bits per heavy atom. The average molecular weight is 359 g/mol. The maximum absolute atomic E-state index is 5.74. The molecule has 3 N–H and O–H groups in total. The van der Waals surface area contributed by atoms with Gasteiger partial charge in [-0.3, -0.25) is 4.99 Å². The summed E-state index contributed by atoms with van der Waals surface area (Å²) in [6.45, 7) is 9.23. The number of nitrogens with zero attached hydrogens (tertiary/aromatic N) is 1. The van der Waals surface area contributed by atoms with Crippen LogP contribution in [0.15, 0.2) is 48.0 Å². The summed E-state index contributed by atoms with van der Waals surface area (Å²) >= 11 is 0. The van der Waals surface area contributed by atoms with Gasteiger partial charge in [-0.2, -0.15) is 0 Å². The Hall–Kier alpha value is -1.04. The molecule has 0 bridgehead atoms. The van der Waals surface area contributed by atoms with Crippen molar-refractivity contribution in [3.05, 3.63) is 48.6 Å². The standard InChI is InChI=1S/C14H21N3.HI/c1-4-10-16-13(15)17-11-14(2,3)12-8-6-5-7-9-12;/h4-9H,1,10-11H2,2-3H3,(H3,15,16,17);1H. The third-order valence-electron chi connectivity index (χ3n) is 2.63. The average Bonchev–Trinajstić information content (AvgIpc) is 2.35. The molecule has 0 atom stereocenters. The number of hydrogen-bond acceptors (Lipinski definition) is 1. The molecule has 0 heterocycles. The van der Waals surface area contributed by atoms with Gasteiger partial charge in [-0.15, -0.1) is 30.6 Å². The van der Waals surface area contributed by atoms with Gasteiger partial charge in [-0.25, -0.2) is 0 Å². The molecule has 0 saturated heterocycles. The lowest BCUT2D eigenvalue weighted by Gasteiger charge is -2.23. The van der Waals surface area contributed by atoms with E-state index in [2.05, 4.69) is 42.9 Å². The molecule has 0 aliphatic rings. The second-order valence-corrected chi connectivity index (χ2v) is 4.62. The number of benzene rings is 1. The van der Waals surface area contributed by atoms with Crippen LogP contribution in [0.5, 0.6) is 0 Å². The lowest BCUT2D eigenvalue weighted by Crippen LogP contribution is -2.33. The normalized spacial score (nSPS) is 11.6. The minimum atomic E-state index is -0.0122. The summed E-state index contributed by atoms with van der Waals surface area (Å²) < 4.78 is 0. The first-order chi connectivity index (χ1) is 8.06. The molecule has 0 amide bonds. The van der Waals surface area contributed by atoms with Crippen molar-refractivity contribution in [1.29, 1.82) is 0 Å². The molecule has 18 heavy (non-hydrogen) atoms. The van der Waals surface area contributed by atoms with Crippen LogP contribution in [0.2, 0.25) is 0 Å². The van der Waals surface area contributed by atoms with Crippen molar-refractivity contribution < 1.29 is 0 Å². The zero-order chi connectivity index (χ0) is 12.7. The summed E-state index contributed by atoms with van der Waals surface area (Å²) in [5.74, 6) is 0.467. The van der Waals surface area contributed by atoms with Crippen molar-refractivity contribution in [1.82, 2.24) is 5.32 Å². The molecule has 4 heteroatoms. The van der Waals surface area contributed by atoms with Crippen LogP contribution in [-0.2, 0) is 5.41 Å². The molecule has 0 spiro atoms. The molecule has 0 radical (unpaired) electrons. The Morgan fingerprint density at radius 1 is 1.39 bits per heavy atom. The molecule has 0 saturated carbocycles. The molecule has 3 nitrogen and oxygen atoms in total. The quantitative estimate of drug-likeness (QED) is 0.368. The van der Waals surface area contributed by atoms with E-state index in [9.17, 15) is 0 Å². The SMILES string of the molecule is C=CCNC(N)=NCC(C)(C)c1ccccc1.I. The fraction of sp³-hybridized carbons (Fsp3) is 0.357. The Morgan fingerprint density at radius 2 is 2.00 bits per heavy atom. The third kappa shape index (κ3) is 5.53. The van der Waals surface area contributed by atoms with E-state index in [0.717, 1.165) is 0 Å². The number of nitrogens with one attached hydrogen (secondary N) is 1. The number of halogens is 1. The second-order valence-electron chi connectivity index (χ2n) is 4.62. The van der Waals surface area contributed by atoms with Crippen molar-refractivity contribution in [3.8, 4) is 0 Å². The lowest BCUT2D eigenvalue weighted by atomic mass is 9.85. The largest absolute Gasteiger partial charge is 0.370 e. The summed E-state index contributed by atoms with van der Waals surface area (Å²) in [6.07, 6.45) is 1.75. The molecule has 0 aromatic heterocycles. The van der Waals surface area contributed by atoms with Crippen LogP contribution in [-0.4, -0.2) is 19.0 Å². The van der Waals surface area contributed by atoms with Crippen LogP contribution in [0.25, 0.3) is 0 Å². The van der Waals surface area contributed by atoms with Crippen molar-refractivity contribution in [2.24, 2.45) is 10.7 Å². The fourth-order valence-electron chi connectivity index (χ4n) is 1.50. The van der Waals surface area contributed by atoms with Crippen LogP contribution in [0, 0.1) is 0 Å². The highest BCUT2D eigenvalue weighted by Gasteiger charge is 2.19. The Labute approximate surface area is 127 Å². The minimum absolute atomic E-state index is 0. The van der Waals surface area contributed by atoms with Crippen molar-refractivity contribution in [2.75, 3.05) is 13.1 Å². The van der Waals surface area contributed by atoms with Gasteiger partial charge in [0.1, 0.15) is 0 Å². The minimum Gasteiger partial charge on any atom is -0.370 e. The molecule has 1 rings (SSSR count). The van der Waals surface area contributed by atoms with Gasteiger partial charge in [0, 0.05) is 12.0 Å². The smallest absolute Gasteiger partial charge is 0.188 e. The van der Waals surface area contributed by atoms with Gasteiger partial charge in [-0.05, 0) is 5.56 Å². The Balaban J connectivity index is 0.00000289. The third-order valence-corrected chi connectivity index (χ3v) is 2.63. The maximum atomic E-state index is 5.74. The molecular formula is C14H22IN3. The van der Waals surface area contributed by atoms with Gasteiger partial charge in [-0.1, -0.05) is 50.3 Å². The topological polar surface area (TPSA) is 50.4 Å². The van der Waals surface area contributed by atoms with Gasteiger partial charge in [0.2, 0.25) is 0 Å². The van der Waals surface area contributed by atoms with E-state index < -0.39 is 0 Å². The zero-order valence-electron chi connectivity index (χ0n) is 11.0. The molecule has 1 aromatic carbocycles. The van der Waals surface area contributed by atoms with E-state index in [0.29, 0.717) is 19.0 Å². The highest BCUT2D eigenvalue weighted by Crippen LogP contribution is 2.22.